The van der Waals surface area contributed by atoms with E-state index in [2.05, 4.69) is 5.43 Å². The molecule has 2 nitrogen and oxygen atoms in total. The fourth-order valence-electron chi connectivity index (χ4n) is 2.17. The molecule has 0 spiro atoms. The van der Waals surface area contributed by atoms with E-state index in [0.29, 0.717) is 11.1 Å². The molecule has 5 heteroatoms. The summed E-state index contributed by atoms with van der Waals surface area (Å²) in [7, 11) is 0. The van der Waals surface area contributed by atoms with Gasteiger partial charge in [0, 0.05) is 5.56 Å². The number of benzene rings is 2. The summed E-state index contributed by atoms with van der Waals surface area (Å²) in [5, 5.41) is 0. The van der Waals surface area contributed by atoms with Crippen LogP contribution < -0.4 is 11.3 Å². The zero-order valence-electron chi connectivity index (χ0n) is 11.0. The second-order valence-corrected chi connectivity index (χ2v) is 4.69. The third-order valence-electron chi connectivity index (χ3n) is 3.14. The van der Waals surface area contributed by atoms with Crippen LogP contribution in [0.25, 0.3) is 0 Å². The van der Waals surface area contributed by atoms with Gasteiger partial charge >= 0.3 is 0 Å². The molecule has 0 aromatic heterocycles. The topological polar surface area (TPSA) is 38.0 Å². The van der Waals surface area contributed by atoms with Crippen molar-refractivity contribution < 1.29 is 13.2 Å². The van der Waals surface area contributed by atoms with Gasteiger partial charge in [0.2, 0.25) is 0 Å². The Morgan fingerprint density at radius 3 is 2.30 bits per heavy atom. The van der Waals surface area contributed by atoms with Crippen LogP contribution in [0.4, 0.5) is 13.2 Å². The molecule has 2 rings (SSSR count). The third-order valence-corrected chi connectivity index (χ3v) is 3.14. The van der Waals surface area contributed by atoms with Gasteiger partial charge in [0.05, 0.1) is 6.04 Å². The van der Waals surface area contributed by atoms with Crippen LogP contribution in [0.3, 0.4) is 0 Å². The highest BCUT2D eigenvalue weighted by molar-refractivity contribution is 5.29. The van der Waals surface area contributed by atoms with Crippen LogP contribution in [0.15, 0.2) is 36.4 Å². The Bertz CT molecular complexity index is 574. The molecular weight excluding hydrogens is 265 g/mol. The minimum atomic E-state index is -0.640. The number of hydrazine groups is 1. The SMILES string of the molecule is Cc1cc(F)cc(C(Cc2c(F)cccc2F)NN)c1. The molecule has 2 aromatic carbocycles. The lowest BCUT2D eigenvalue weighted by Crippen LogP contribution is -2.30. The zero-order chi connectivity index (χ0) is 14.7. The second kappa shape index (κ2) is 6.07. The Hall–Kier alpha value is -1.85. The molecular formula is C15H15F3N2. The molecule has 0 aliphatic rings. The highest BCUT2D eigenvalue weighted by Gasteiger charge is 2.17. The van der Waals surface area contributed by atoms with Crippen molar-refractivity contribution in [2.24, 2.45) is 5.84 Å². The summed E-state index contributed by atoms with van der Waals surface area (Å²) in [6.45, 7) is 1.74. The molecule has 0 saturated heterocycles. The Labute approximate surface area is 115 Å². The molecule has 0 fully saturated rings. The van der Waals surface area contributed by atoms with Crippen molar-refractivity contribution in [1.29, 1.82) is 0 Å². The van der Waals surface area contributed by atoms with Crippen LogP contribution in [-0.4, -0.2) is 0 Å². The molecule has 0 radical (unpaired) electrons. The quantitative estimate of drug-likeness (QED) is 0.667. The lowest BCUT2D eigenvalue weighted by Gasteiger charge is -2.18. The van der Waals surface area contributed by atoms with Crippen molar-refractivity contribution in [3.8, 4) is 0 Å². The molecule has 0 heterocycles. The van der Waals surface area contributed by atoms with E-state index >= 15 is 0 Å². The number of aryl methyl sites for hydroxylation is 1. The van der Waals surface area contributed by atoms with E-state index < -0.39 is 23.5 Å². The van der Waals surface area contributed by atoms with Crippen LogP contribution in [0.1, 0.15) is 22.7 Å². The average Bonchev–Trinajstić information content (AvgIpc) is 2.37. The van der Waals surface area contributed by atoms with Crippen molar-refractivity contribution in [1.82, 2.24) is 5.43 Å². The maximum Gasteiger partial charge on any atom is 0.129 e. The van der Waals surface area contributed by atoms with Gasteiger partial charge in [-0.2, -0.15) is 0 Å². The Morgan fingerprint density at radius 2 is 1.75 bits per heavy atom. The first kappa shape index (κ1) is 14.6. The smallest absolute Gasteiger partial charge is 0.129 e. The van der Waals surface area contributed by atoms with Gasteiger partial charge in [-0.25, -0.2) is 13.2 Å². The first-order valence-electron chi connectivity index (χ1n) is 6.17. The van der Waals surface area contributed by atoms with E-state index in [0.717, 1.165) is 0 Å². The molecule has 0 bridgehead atoms. The van der Waals surface area contributed by atoms with Crippen LogP contribution in [-0.2, 0) is 6.42 Å². The van der Waals surface area contributed by atoms with E-state index in [1.54, 1.807) is 13.0 Å². The number of rotatable bonds is 4. The van der Waals surface area contributed by atoms with Crippen LogP contribution in [0.5, 0.6) is 0 Å². The lowest BCUT2D eigenvalue weighted by molar-refractivity contribution is 0.497. The molecule has 1 atom stereocenters. The summed E-state index contributed by atoms with van der Waals surface area (Å²) in [6.07, 6.45) is -0.00208. The molecule has 0 aliphatic carbocycles. The van der Waals surface area contributed by atoms with E-state index in [9.17, 15) is 13.2 Å². The van der Waals surface area contributed by atoms with E-state index in [-0.39, 0.29) is 12.0 Å². The number of hydrogen-bond donors (Lipinski definition) is 2. The summed E-state index contributed by atoms with van der Waals surface area (Å²) >= 11 is 0. The van der Waals surface area contributed by atoms with Crippen LogP contribution in [0.2, 0.25) is 0 Å². The highest BCUT2D eigenvalue weighted by atomic mass is 19.1. The Morgan fingerprint density at radius 1 is 1.10 bits per heavy atom. The molecule has 3 N–H and O–H groups in total. The van der Waals surface area contributed by atoms with Gasteiger partial charge in [0.15, 0.2) is 0 Å². The van der Waals surface area contributed by atoms with Crippen molar-refractivity contribution in [2.45, 2.75) is 19.4 Å². The highest BCUT2D eigenvalue weighted by Crippen LogP contribution is 2.23. The normalized spacial score (nSPS) is 12.4. The minimum absolute atomic E-state index is 0.00208. The molecule has 0 aliphatic heterocycles. The summed E-state index contributed by atoms with van der Waals surface area (Å²) < 4.78 is 40.7. The fourth-order valence-corrected chi connectivity index (χ4v) is 2.17. The van der Waals surface area contributed by atoms with Gasteiger partial charge < -0.3 is 0 Å². The first-order valence-corrected chi connectivity index (χ1v) is 6.17. The Kier molecular flexibility index (Phi) is 4.42. The van der Waals surface area contributed by atoms with Crippen molar-refractivity contribution >= 4 is 0 Å². The van der Waals surface area contributed by atoms with Crippen molar-refractivity contribution in [3.63, 3.8) is 0 Å². The Balaban J connectivity index is 2.33. The van der Waals surface area contributed by atoms with Gasteiger partial charge in [-0.15, -0.1) is 0 Å². The largest absolute Gasteiger partial charge is 0.271 e. The third kappa shape index (κ3) is 3.18. The number of nitrogens with two attached hydrogens (primary N) is 1. The molecule has 1 unspecified atom stereocenters. The van der Waals surface area contributed by atoms with Crippen LogP contribution >= 0.6 is 0 Å². The van der Waals surface area contributed by atoms with Crippen molar-refractivity contribution in [3.05, 3.63) is 70.5 Å². The average molecular weight is 280 g/mol. The molecule has 0 amide bonds. The predicted molar refractivity (Wildman–Crippen MR) is 71.3 cm³/mol. The van der Waals surface area contributed by atoms with Crippen LogP contribution in [0, 0.1) is 24.4 Å². The maximum absolute atomic E-state index is 13.6. The van der Waals surface area contributed by atoms with E-state index in [1.807, 2.05) is 0 Å². The molecule has 0 saturated carbocycles. The predicted octanol–water partition coefficient (Wildman–Crippen LogP) is 3.16. The summed E-state index contributed by atoms with van der Waals surface area (Å²) in [5.41, 5.74) is 3.67. The van der Waals surface area contributed by atoms with Gasteiger partial charge in [-0.3, -0.25) is 11.3 Å². The maximum atomic E-state index is 13.6. The summed E-state index contributed by atoms with van der Waals surface area (Å²) in [5.74, 6) is 3.75. The number of hydrogen-bond acceptors (Lipinski definition) is 2. The van der Waals surface area contributed by atoms with E-state index in [4.69, 9.17) is 5.84 Å². The minimum Gasteiger partial charge on any atom is -0.271 e. The second-order valence-electron chi connectivity index (χ2n) is 4.69. The molecule has 106 valence electrons. The standard InChI is InChI=1S/C15H15F3N2/c1-9-5-10(7-11(16)6-9)15(20-19)8-12-13(17)3-2-4-14(12)18/h2-7,15,20H,8,19H2,1H3. The van der Waals surface area contributed by atoms with Gasteiger partial charge in [0.25, 0.3) is 0 Å². The van der Waals surface area contributed by atoms with Gasteiger partial charge in [0.1, 0.15) is 17.5 Å². The summed E-state index contributed by atoms with van der Waals surface area (Å²) in [6, 6.07) is 7.50. The van der Waals surface area contributed by atoms with Gasteiger partial charge in [-0.1, -0.05) is 12.1 Å². The molecule has 20 heavy (non-hydrogen) atoms. The fraction of sp³-hybridized carbons (Fsp3) is 0.200. The zero-order valence-corrected chi connectivity index (χ0v) is 11.0. The monoisotopic (exact) mass is 280 g/mol. The van der Waals surface area contributed by atoms with E-state index in [1.165, 1.54) is 30.3 Å². The molecule has 2 aromatic rings. The number of nitrogens with one attached hydrogen (secondary N) is 1. The summed E-state index contributed by atoms with van der Waals surface area (Å²) in [4.78, 5) is 0. The van der Waals surface area contributed by atoms with Crippen molar-refractivity contribution in [2.75, 3.05) is 0 Å². The lowest BCUT2D eigenvalue weighted by atomic mass is 9.97. The first-order chi connectivity index (χ1) is 9.51. The van der Waals surface area contributed by atoms with Gasteiger partial charge in [-0.05, 0) is 48.7 Å². The number of halogens is 3.